The van der Waals surface area contributed by atoms with Gasteiger partial charge in [0.15, 0.2) is 0 Å². The van der Waals surface area contributed by atoms with Crippen molar-refractivity contribution in [3.63, 3.8) is 0 Å². The van der Waals surface area contributed by atoms with E-state index in [0.717, 1.165) is 25.0 Å². The Balaban J connectivity index is 2.40. The fourth-order valence-electron chi connectivity index (χ4n) is 2.34. The molecule has 2 N–H and O–H groups in total. The summed E-state index contributed by atoms with van der Waals surface area (Å²) in [6.07, 6.45) is -3.02. The highest BCUT2D eigenvalue weighted by Crippen LogP contribution is 2.37. The molecule has 1 fully saturated rings. The summed E-state index contributed by atoms with van der Waals surface area (Å²) in [6.45, 7) is 0.964. The molecular formula is C12H14F3N3O2. The van der Waals surface area contributed by atoms with Gasteiger partial charge in [-0.25, -0.2) is 0 Å². The maximum atomic E-state index is 12.6. The molecule has 0 spiro atoms. The van der Waals surface area contributed by atoms with Crippen LogP contribution in [0.15, 0.2) is 18.2 Å². The number of benzene rings is 1. The van der Waals surface area contributed by atoms with Crippen molar-refractivity contribution in [1.82, 2.24) is 0 Å². The van der Waals surface area contributed by atoms with Gasteiger partial charge in [0.2, 0.25) is 0 Å². The van der Waals surface area contributed by atoms with Gasteiger partial charge in [-0.15, -0.1) is 0 Å². The van der Waals surface area contributed by atoms with E-state index in [1.165, 1.54) is 0 Å². The van der Waals surface area contributed by atoms with Crippen molar-refractivity contribution in [3.8, 4) is 0 Å². The molecule has 0 unspecified atom stereocenters. The highest BCUT2D eigenvalue weighted by molar-refractivity contribution is 5.65. The van der Waals surface area contributed by atoms with Crippen LogP contribution in [0.2, 0.25) is 0 Å². The Morgan fingerprint density at radius 1 is 1.40 bits per heavy atom. The second kappa shape index (κ2) is 5.28. The third kappa shape index (κ3) is 3.01. The van der Waals surface area contributed by atoms with Crippen LogP contribution in [-0.4, -0.2) is 24.1 Å². The molecule has 1 atom stereocenters. The molecule has 1 heterocycles. The topological polar surface area (TPSA) is 72.4 Å². The zero-order valence-corrected chi connectivity index (χ0v) is 10.6. The Hall–Kier alpha value is -1.83. The first-order valence-corrected chi connectivity index (χ1v) is 6.15. The number of hydrogen-bond acceptors (Lipinski definition) is 4. The van der Waals surface area contributed by atoms with E-state index in [-0.39, 0.29) is 11.7 Å². The molecule has 1 aliphatic rings. The Morgan fingerprint density at radius 3 is 2.65 bits per heavy atom. The molecular weight excluding hydrogens is 275 g/mol. The molecule has 8 heteroatoms. The van der Waals surface area contributed by atoms with E-state index in [2.05, 4.69) is 0 Å². The molecule has 1 aliphatic heterocycles. The molecule has 0 aliphatic carbocycles. The lowest BCUT2D eigenvalue weighted by Crippen LogP contribution is -2.43. The minimum atomic E-state index is -4.60. The van der Waals surface area contributed by atoms with Crippen LogP contribution in [0.5, 0.6) is 0 Å². The van der Waals surface area contributed by atoms with Crippen LogP contribution in [0, 0.1) is 10.1 Å². The lowest BCUT2D eigenvalue weighted by atomic mass is 10.0. The standard InChI is InChI=1S/C12H14F3N3O2/c13-12(14,15)8-3-4-10(11(6-8)18(19)20)17-5-1-2-9(16)7-17/h3-4,6,9H,1-2,5,7,16H2/t9-/m1/s1. The quantitative estimate of drug-likeness (QED) is 0.670. The number of rotatable bonds is 2. The maximum absolute atomic E-state index is 12.6. The average molecular weight is 289 g/mol. The maximum Gasteiger partial charge on any atom is 0.416 e. The van der Waals surface area contributed by atoms with Crippen molar-refractivity contribution < 1.29 is 18.1 Å². The van der Waals surface area contributed by atoms with Crippen molar-refractivity contribution in [2.24, 2.45) is 5.73 Å². The minimum absolute atomic E-state index is 0.120. The lowest BCUT2D eigenvalue weighted by Gasteiger charge is -2.32. The normalized spacial score (nSPS) is 20.0. The summed E-state index contributed by atoms with van der Waals surface area (Å²) in [5, 5.41) is 11.0. The number of piperidine rings is 1. The third-order valence-corrected chi connectivity index (χ3v) is 3.30. The molecule has 0 saturated carbocycles. The lowest BCUT2D eigenvalue weighted by molar-refractivity contribution is -0.384. The van der Waals surface area contributed by atoms with E-state index in [4.69, 9.17) is 5.73 Å². The fourth-order valence-corrected chi connectivity index (χ4v) is 2.34. The van der Waals surface area contributed by atoms with Crippen molar-refractivity contribution >= 4 is 11.4 Å². The largest absolute Gasteiger partial charge is 0.416 e. The first kappa shape index (κ1) is 14.6. The number of halogens is 3. The van der Waals surface area contributed by atoms with Crippen LogP contribution in [0.1, 0.15) is 18.4 Å². The monoisotopic (exact) mass is 289 g/mol. The van der Waals surface area contributed by atoms with Crippen LogP contribution < -0.4 is 10.6 Å². The molecule has 5 nitrogen and oxygen atoms in total. The highest BCUT2D eigenvalue weighted by atomic mass is 19.4. The smallest absolute Gasteiger partial charge is 0.364 e. The molecule has 0 bridgehead atoms. The molecule has 20 heavy (non-hydrogen) atoms. The summed E-state index contributed by atoms with van der Waals surface area (Å²) in [4.78, 5) is 11.9. The summed E-state index contributed by atoms with van der Waals surface area (Å²) >= 11 is 0. The van der Waals surface area contributed by atoms with Gasteiger partial charge in [-0.1, -0.05) is 0 Å². The number of anilines is 1. The second-order valence-corrected chi connectivity index (χ2v) is 4.81. The van der Waals surface area contributed by atoms with Gasteiger partial charge in [-0.2, -0.15) is 13.2 Å². The summed E-state index contributed by atoms with van der Waals surface area (Å²) in [5.74, 6) is 0. The molecule has 0 aromatic heterocycles. The summed E-state index contributed by atoms with van der Waals surface area (Å²) in [6, 6.07) is 2.47. The summed E-state index contributed by atoms with van der Waals surface area (Å²) in [7, 11) is 0. The summed E-state index contributed by atoms with van der Waals surface area (Å²) in [5.41, 5.74) is 4.44. The molecule has 1 aromatic rings. The highest BCUT2D eigenvalue weighted by Gasteiger charge is 2.34. The second-order valence-electron chi connectivity index (χ2n) is 4.81. The molecule has 110 valence electrons. The first-order valence-electron chi connectivity index (χ1n) is 6.15. The number of nitrogens with two attached hydrogens (primary N) is 1. The molecule has 2 rings (SSSR count). The van der Waals surface area contributed by atoms with Gasteiger partial charge in [0.05, 0.1) is 10.5 Å². The zero-order chi connectivity index (χ0) is 14.9. The average Bonchev–Trinajstić information content (AvgIpc) is 2.37. The SMILES string of the molecule is N[C@@H]1CCCN(c2ccc(C(F)(F)F)cc2[N+](=O)[O-])C1. The van der Waals surface area contributed by atoms with Gasteiger partial charge in [-0.3, -0.25) is 10.1 Å². The van der Waals surface area contributed by atoms with E-state index < -0.39 is 22.4 Å². The van der Waals surface area contributed by atoms with Gasteiger partial charge >= 0.3 is 6.18 Å². The van der Waals surface area contributed by atoms with E-state index in [0.29, 0.717) is 19.2 Å². The third-order valence-electron chi connectivity index (χ3n) is 3.30. The Bertz CT molecular complexity index is 519. The van der Waals surface area contributed by atoms with Crippen LogP contribution >= 0.6 is 0 Å². The summed E-state index contributed by atoms with van der Waals surface area (Å²) < 4.78 is 37.8. The van der Waals surface area contributed by atoms with E-state index in [1.807, 2.05) is 0 Å². The van der Waals surface area contributed by atoms with E-state index in [1.54, 1.807) is 4.90 Å². The van der Waals surface area contributed by atoms with Gasteiger partial charge in [-0.05, 0) is 25.0 Å². The van der Waals surface area contributed by atoms with Crippen LogP contribution in [-0.2, 0) is 6.18 Å². The molecule has 0 radical (unpaired) electrons. The molecule has 1 aromatic carbocycles. The number of nitro benzene ring substituents is 1. The Labute approximate surface area is 113 Å². The van der Waals surface area contributed by atoms with Crippen molar-refractivity contribution in [2.75, 3.05) is 18.0 Å². The Morgan fingerprint density at radius 2 is 2.10 bits per heavy atom. The minimum Gasteiger partial charge on any atom is -0.364 e. The van der Waals surface area contributed by atoms with E-state index >= 15 is 0 Å². The van der Waals surface area contributed by atoms with Crippen molar-refractivity contribution in [3.05, 3.63) is 33.9 Å². The first-order chi connectivity index (χ1) is 9.29. The predicted octanol–water partition coefficient (Wildman–Crippen LogP) is 2.54. The number of alkyl halides is 3. The van der Waals surface area contributed by atoms with Crippen LogP contribution in [0.25, 0.3) is 0 Å². The van der Waals surface area contributed by atoms with Crippen LogP contribution in [0.3, 0.4) is 0 Å². The Kier molecular flexibility index (Phi) is 3.85. The van der Waals surface area contributed by atoms with Crippen LogP contribution in [0.4, 0.5) is 24.5 Å². The fraction of sp³-hybridized carbons (Fsp3) is 0.500. The van der Waals surface area contributed by atoms with Gasteiger partial charge < -0.3 is 10.6 Å². The molecule has 0 amide bonds. The number of nitrogens with zero attached hydrogens (tertiary/aromatic N) is 2. The van der Waals surface area contributed by atoms with Crippen molar-refractivity contribution in [1.29, 1.82) is 0 Å². The predicted molar refractivity (Wildman–Crippen MR) is 67.5 cm³/mol. The number of nitro groups is 1. The van der Waals surface area contributed by atoms with Crippen molar-refractivity contribution in [2.45, 2.75) is 25.1 Å². The van der Waals surface area contributed by atoms with Gasteiger partial charge in [0.25, 0.3) is 5.69 Å². The molecule has 1 saturated heterocycles. The van der Waals surface area contributed by atoms with Gasteiger partial charge in [0, 0.05) is 25.2 Å². The zero-order valence-electron chi connectivity index (χ0n) is 10.6. The van der Waals surface area contributed by atoms with Gasteiger partial charge in [0.1, 0.15) is 5.69 Å². The van der Waals surface area contributed by atoms with E-state index in [9.17, 15) is 23.3 Å². The number of hydrogen-bond donors (Lipinski definition) is 1.